The number of aliphatic hydroxyl groups excluding tert-OH is 1. The smallest absolute Gasteiger partial charge is 0.295 e. The van der Waals surface area contributed by atoms with Gasteiger partial charge in [0.05, 0.1) is 17.7 Å². The maximum Gasteiger partial charge on any atom is 0.295 e. The molecule has 3 aromatic rings. The first-order valence-corrected chi connectivity index (χ1v) is 11.6. The maximum atomic E-state index is 13.3. The molecule has 0 radical (unpaired) electrons. The van der Waals surface area contributed by atoms with Crippen LogP contribution in [0.2, 0.25) is 0 Å². The zero-order valence-corrected chi connectivity index (χ0v) is 20.0. The topological polar surface area (TPSA) is 66.8 Å². The number of amides is 1. The van der Waals surface area contributed by atoms with Gasteiger partial charge < -0.3 is 14.7 Å². The number of hydrogen-bond acceptors (Lipinski definition) is 4. The van der Waals surface area contributed by atoms with Gasteiger partial charge in [-0.3, -0.25) is 9.59 Å². The van der Waals surface area contributed by atoms with Gasteiger partial charge in [-0.05, 0) is 62.6 Å². The van der Waals surface area contributed by atoms with Crippen molar-refractivity contribution in [1.29, 1.82) is 0 Å². The van der Waals surface area contributed by atoms with Crippen molar-refractivity contribution in [2.24, 2.45) is 0 Å². The molecule has 4 rings (SSSR count). The van der Waals surface area contributed by atoms with Crippen LogP contribution in [0, 0.1) is 12.7 Å². The molecule has 1 amide bonds. The Kier molecular flexibility index (Phi) is 7.01. The molecule has 1 heterocycles. The van der Waals surface area contributed by atoms with Gasteiger partial charge in [0.15, 0.2) is 0 Å². The molecule has 35 heavy (non-hydrogen) atoms. The van der Waals surface area contributed by atoms with Crippen molar-refractivity contribution >= 4 is 17.4 Å². The number of ether oxygens (including phenoxy) is 1. The first-order valence-electron chi connectivity index (χ1n) is 11.6. The van der Waals surface area contributed by atoms with Crippen LogP contribution < -0.4 is 4.74 Å². The zero-order chi connectivity index (χ0) is 25.1. The van der Waals surface area contributed by atoms with E-state index < -0.39 is 17.7 Å². The highest BCUT2D eigenvalue weighted by atomic mass is 19.1. The molecule has 5 nitrogen and oxygen atoms in total. The van der Waals surface area contributed by atoms with E-state index in [-0.39, 0.29) is 29.8 Å². The van der Waals surface area contributed by atoms with Crippen molar-refractivity contribution in [3.05, 3.63) is 106 Å². The number of halogens is 1. The lowest BCUT2D eigenvalue weighted by Crippen LogP contribution is -2.31. The fourth-order valence-electron chi connectivity index (χ4n) is 4.23. The van der Waals surface area contributed by atoms with Crippen molar-refractivity contribution in [3.8, 4) is 5.75 Å². The molecule has 1 unspecified atom stereocenters. The molecule has 180 valence electrons. The average molecular weight is 474 g/mol. The van der Waals surface area contributed by atoms with Crippen LogP contribution in [0.15, 0.2) is 78.4 Å². The van der Waals surface area contributed by atoms with Crippen LogP contribution in [0.3, 0.4) is 0 Å². The molecule has 0 bridgehead atoms. The van der Waals surface area contributed by atoms with Crippen LogP contribution >= 0.6 is 0 Å². The lowest BCUT2D eigenvalue weighted by molar-refractivity contribution is -0.139. The molecular formula is C29H28FNO4. The summed E-state index contributed by atoms with van der Waals surface area (Å²) >= 11 is 0. The van der Waals surface area contributed by atoms with Crippen LogP contribution in [0.1, 0.15) is 42.1 Å². The number of Topliss-reactive ketones (excluding diaryl/α,β-unsaturated/α-hetero) is 1. The Morgan fingerprint density at radius 1 is 0.971 bits per heavy atom. The van der Waals surface area contributed by atoms with E-state index in [0.717, 1.165) is 11.1 Å². The van der Waals surface area contributed by atoms with Gasteiger partial charge in [-0.1, -0.05) is 54.1 Å². The number of ketones is 1. The van der Waals surface area contributed by atoms with Gasteiger partial charge in [0.1, 0.15) is 17.3 Å². The summed E-state index contributed by atoms with van der Waals surface area (Å²) in [5.74, 6) is -1.27. The highest BCUT2D eigenvalue weighted by Gasteiger charge is 2.45. The highest BCUT2D eigenvalue weighted by molar-refractivity contribution is 6.46. The molecule has 0 spiro atoms. The normalized spacial score (nSPS) is 17.3. The van der Waals surface area contributed by atoms with Crippen molar-refractivity contribution in [3.63, 3.8) is 0 Å². The standard InChI is InChI=1S/C29H28FNO4/c1-18(2)35-24-14-10-21(11-15-24)26-25(27(32)22-8-4-19(3)5-9-22)28(33)29(34)31(26)17-16-20-6-12-23(30)13-7-20/h4-15,18,26,32H,16-17H2,1-3H3/b27-25-. The van der Waals surface area contributed by atoms with E-state index in [2.05, 4.69) is 0 Å². The van der Waals surface area contributed by atoms with Gasteiger partial charge >= 0.3 is 0 Å². The van der Waals surface area contributed by atoms with Crippen molar-refractivity contribution < 1.29 is 23.8 Å². The van der Waals surface area contributed by atoms with Crippen molar-refractivity contribution in [2.75, 3.05) is 6.54 Å². The number of likely N-dealkylation sites (tertiary alicyclic amines) is 1. The first-order chi connectivity index (χ1) is 16.7. The van der Waals surface area contributed by atoms with Crippen LogP contribution in [0.4, 0.5) is 4.39 Å². The molecule has 0 saturated carbocycles. The van der Waals surface area contributed by atoms with E-state index in [4.69, 9.17) is 4.74 Å². The van der Waals surface area contributed by atoms with E-state index in [1.165, 1.54) is 17.0 Å². The summed E-state index contributed by atoms with van der Waals surface area (Å²) in [4.78, 5) is 27.8. The number of nitrogens with zero attached hydrogens (tertiary/aromatic N) is 1. The largest absolute Gasteiger partial charge is 0.507 e. The number of benzene rings is 3. The fourth-order valence-corrected chi connectivity index (χ4v) is 4.23. The van der Waals surface area contributed by atoms with E-state index in [0.29, 0.717) is 23.3 Å². The highest BCUT2D eigenvalue weighted by Crippen LogP contribution is 2.40. The molecule has 1 fully saturated rings. The third-order valence-corrected chi connectivity index (χ3v) is 5.99. The Bertz CT molecular complexity index is 1250. The summed E-state index contributed by atoms with van der Waals surface area (Å²) in [6.07, 6.45) is 0.437. The summed E-state index contributed by atoms with van der Waals surface area (Å²) in [7, 11) is 0. The second-order valence-corrected chi connectivity index (χ2v) is 8.97. The molecule has 0 aliphatic carbocycles. The van der Waals surface area contributed by atoms with Gasteiger partial charge in [-0.15, -0.1) is 0 Å². The lowest BCUT2D eigenvalue weighted by atomic mass is 9.95. The quantitative estimate of drug-likeness (QED) is 0.276. The van der Waals surface area contributed by atoms with Gasteiger partial charge in [0.25, 0.3) is 11.7 Å². The number of aliphatic hydroxyl groups is 1. The van der Waals surface area contributed by atoms with Crippen LogP contribution in [-0.4, -0.2) is 34.3 Å². The minimum Gasteiger partial charge on any atom is -0.507 e. The molecule has 1 saturated heterocycles. The number of rotatable bonds is 7. The second-order valence-electron chi connectivity index (χ2n) is 8.97. The number of hydrogen-bond donors (Lipinski definition) is 1. The summed E-state index contributed by atoms with van der Waals surface area (Å²) < 4.78 is 19.0. The third kappa shape index (κ3) is 5.27. The van der Waals surface area contributed by atoms with E-state index >= 15 is 0 Å². The average Bonchev–Trinajstić information content (AvgIpc) is 3.09. The predicted octanol–water partition coefficient (Wildman–Crippen LogP) is 5.59. The van der Waals surface area contributed by atoms with Crippen molar-refractivity contribution in [1.82, 2.24) is 4.90 Å². The monoisotopic (exact) mass is 473 g/mol. The Morgan fingerprint density at radius 2 is 1.60 bits per heavy atom. The van der Waals surface area contributed by atoms with Gasteiger partial charge in [0, 0.05) is 12.1 Å². The van der Waals surface area contributed by atoms with Gasteiger partial charge in [-0.2, -0.15) is 0 Å². The summed E-state index contributed by atoms with van der Waals surface area (Å²) in [5, 5.41) is 11.2. The van der Waals surface area contributed by atoms with E-state index in [1.807, 2.05) is 45.0 Å². The number of carbonyl (C=O) groups is 2. The zero-order valence-electron chi connectivity index (χ0n) is 20.0. The third-order valence-electron chi connectivity index (χ3n) is 5.99. The molecule has 3 aromatic carbocycles. The van der Waals surface area contributed by atoms with Gasteiger partial charge in [-0.25, -0.2) is 4.39 Å². The predicted molar refractivity (Wildman–Crippen MR) is 132 cm³/mol. The summed E-state index contributed by atoms with van der Waals surface area (Å²) in [6, 6.07) is 19.6. The van der Waals surface area contributed by atoms with Crippen molar-refractivity contribution in [2.45, 2.75) is 39.3 Å². The maximum absolute atomic E-state index is 13.3. The molecule has 1 atom stereocenters. The van der Waals surface area contributed by atoms with E-state index in [1.54, 1.807) is 36.4 Å². The molecule has 1 aliphatic heterocycles. The molecule has 6 heteroatoms. The Balaban J connectivity index is 1.74. The molecule has 0 aromatic heterocycles. The van der Waals surface area contributed by atoms with Crippen LogP contribution in [0.5, 0.6) is 5.75 Å². The molecule has 1 N–H and O–H groups in total. The number of aryl methyl sites for hydroxylation is 1. The second kappa shape index (κ2) is 10.1. The van der Waals surface area contributed by atoms with Gasteiger partial charge in [0.2, 0.25) is 0 Å². The van der Waals surface area contributed by atoms with E-state index in [9.17, 15) is 19.1 Å². The Morgan fingerprint density at radius 3 is 2.20 bits per heavy atom. The van der Waals surface area contributed by atoms with Crippen LogP contribution in [-0.2, 0) is 16.0 Å². The summed E-state index contributed by atoms with van der Waals surface area (Å²) in [5.41, 5.74) is 3.06. The number of carbonyl (C=O) groups excluding carboxylic acids is 2. The SMILES string of the molecule is Cc1ccc(/C(O)=C2/C(=O)C(=O)N(CCc3ccc(F)cc3)C2c2ccc(OC(C)C)cc2)cc1. The first kappa shape index (κ1) is 24.2. The lowest BCUT2D eigenvalue weighted by Gasteiger charge is -2.25. The Hall–Kier alpha value is -3.93. The summed E-state index contributed by atoms with van der Waals surface area (Å²) in [6.45, 7) is 6.02. The fraction of sp³-hybridized carbons (Fsp3) is 0.241. The minimum absolute atomic E-state index is 0.00346. The minimum atomic E-state index is -0.759. The molecule has 1 aliphatic rings. The Labute approximate surface area is 204 Å². The molecular weight excluding hydrogens is 445 g/mol. The van der Waals surface area contributed by atoms with Crippen LogP contribution in [0.25, 0.3) is 5.76 Å².